The van der Waals surface area contributed by atoms with Crippen molar-refractivity contribution in [3.05, 3.63) is 52.5 Å². The summed E-state index contributed by atoms with van der Waals surface area (Å²) < 4.78 is 11.1. The minimum Gasteiger partial charge on any atom is -0.486 e. The van der Waals surface area contributed by atoms with Crippen molar-refractivity contribution in [3.63, 3.8) is 0 Å². The summed E-state index contributed by atoms with van der Waals surface area (Å²) in [5.41, 5.74) is 3.00. The number of fused-ring (bicyclic) bond motifs is 1. The molecule has 0 fully saturated rings. The molecule has 9 heteroatoms. The SMILES string of the molecule is CCCc1cc(C(=O)NC[C@@H]2Cc3cc(-c4ccnc(SC)n4)cc(Cl)c3O2)no1. The first kappa shape index (κ1) is 20.7. The number of thioether (sulfide) groups is 1. The average Bonchev–Trinajstić information content (AvgIpc) is 3.39. The molecule has 30 heavy (non-hydrogen) atoms. The highest BCUT2D eigenvalue weighted by Crippen LogP contribution is 2.39. The Morgan fingerprint density at radius 3 is 3.03 bits per heavy atom. The van der Waals surface area contributed by atoms with Gasteiger partial charge in [0.05, 0.1) is 17.3 Å². The Kier molecular flexibility index (Phi) is 6.24. The van der Waals surface area contributed by atoms with E-state index in [9.17, 15) is 4.79 Å². The van der Waals surface area contributed by atoms with Crippen LogP contribution in [0.3, 0.4) is 0 Å². The summed E-state index contributed by atoms with van der Waals surface area (Å²) in [6.45, 7) is 2.39. The predicted molar refractivity (Wildman–Crippen MR) is 115 cm³/mol. The van der Waals surface area contributed by atoms with Gasteiger partial charge in [0.25, 0.3) is 5.91 Å². The quantitative estimate of drug-likeness (QED) is 0.431. The maximum Gasteiger partial charge on any atom is 0.273 e. The summed E-state index contributed by atoms with van der Waals surface area (Å²) >= 11 is 7.96. The molecular formula is C21H21ClN4O3S. The number of ether oxygens (including phenoxy) is 1. The second-order valence-corrected chi connectivity index (χ2v) is 8.14. The fourth-order valence-electron chi connectivity index (χ4n) is 3.33. The van der Waals surface area contributed by atoms with Crippen LogP contribution in [0.15, 0.2) is 40.1 Å². The lowest BCUT2D eigenvalue weighted by molar-refractivity contribution is 0.0924. The van der Waals surface area contributed by atoms with Gasteiger partial charge >= 0.3 is 0 Å². The molecule has 7 nitrogen and oxygen atoms in total. The Hall–Kier alpha value is -2.58. The van der Waals surface area contributed by atoms with Gasteiger partial charge in [-0.05, 0) is 30.9 Å². The normalized spacial score (nSPS) is 15.0. The summed E-state index contributed by atoms with van der Waals surface area (Å²) in [5.74, 6) is 1.09. The van der Waals surface area contributed by atoms with Crippen LogP contribution in [-0.4, -0.2) is 39.9 Å². The fourth-order valence-corrected chi connectivity index (χ4v) is 3.97. The molecule has 1 aliphatic heterocycles. The molecule has 2 aromatic heterocycles. The van der Waals surface area contributed by atoms with E-state index in [1.165, 1.54) is 11.8 Å². The number of hydrogen-bond donors (Lipinski definition) is 1. The molecule has 4 rings (SSSR count). The van der Waals surface area contributed by atoms with Gasteiger partial charge < -0.3 is 14.6 Å². The molecule has 1 aliphatic rings. The van der Waals surface area contributed by atoms with E-state index in [1.54, 1.807) is 12.3 Å². The zero-order chi connectivity index (χ0) is 21.1. The van der Waals surface area contributed by atoms with E-state index in [-0.39, 0.29) is 17.7 Å². The third-order valence-corrected chi connectivity index (χ3v) is 5.59. The van der Waals surface area contributed by atoms with Crippen LogP contribution in [0.2, 0.25) is 5.02 Å². The van der Waals surface area contributed by atoms with E-state index in [1.807, 2.05) is 31.4 Å². The molecule has 156 valence electrons. The highest BCUT2D eigenvalue weighted by Gasteiger charge is 2.27. The molecule has 1 N–H and O–H groups in total. The molecule has 0 bridgehead atoms. The Balaban J connectivity index is 1.42. The van der Waals surface area contributed by atoms with Crippen LogP contribution in [0.4, 0.5) is 0 Å². The number of aryl methyl sites for hydroxylation is 1. The van der Waals surface area contributed by atoms with Crippen LogP contribution in [0.1, 0.15) is 35.2 Å². The number of benzene rings is 1. The van der Waals surface area contributed by atoms with E-state index in [2.05, 4.69) is 20.4 Å². The number of carbonyl (C=O) groups is 1. The maximum absolute atomic E-state index is 12.3. The first-order valence-electron chi connectivity index (χ1n) is 9.67. The molecule has 1 atom stereocenters. The number of rotatable bonds is 7. The molecule has 3 heterocycles. The Morgan fingerprint density at radius 2 is 2.23 bits per heavy atom. The zero-order valence-corrected chi connectivity index (χ0v) is 18.2. The monoisotopic (exact) mass is 444 g/mol. The largest absolute Gasteiger partial charge is 0.486 e. The number of halogens is 1. The molecule has 0 saturated carbocycles. The van der Waals surface area contributed by atoms with Crippen molar-refractivity contribution in [2.24, 2.45) is 0 Å². The van der Waals surface area contributed by atoms with Crippen molar-refractivity contribution in [3.8, 4) is 17.0 Å². The summed E-state index contributed by atoms with van der Waals surface area (Å²) in [6, 6.07) is 7.41. The van der Waals surface area contributed by atoms with Crippen molar-refractivity contribution >= 4 is 29.3 Å². The van der Waals surface area contributed by atoms with Gasteiger partial charge in [0, 0.05) is 36.2 Å². The summed E-state index contributed by atoms with van der Waals surface area (Å²) in [4.78, 5) is 21.1. The molecule has 0 unspecified atom stereocenters. The lowest BCUT2D eigenvalue weighted by atomic mass is 10.0. The smallest absolute Gasteiger partial charge is 0.273 e. The van der Waals surface area contributed by atoms with Crippen molar-refractivity contribution in [2.75, 3.05) is 12.8 Å². The zero-order valence-electron chi connectivity index (χ0n) is 16.6. The maximum atomic E-state index is 12.3. The summed E-state index contributed by atoms with van der Waals surface area (Å²) in [7, 11) is 0. The van der Waals surface area contributed by atoms with Crippen LogP contribution in [0.25, 0.3) is 11.3 Å². The first-order chi connectivity index (χ1) is 14.6. The van der Waals surface area contributed by atoms with Crippen LogP contribution >= 0.6 is 23.4 Å². The molecule has 3 aromatic rings. The van der Waals surface area contributed by atoms with Crippen LogP contribution in [0, 0.1) is 0 Å². The van der Waals surface area contributed by atoms with Gasteiger partial charge in [0.2, 0.25) is 0 Å². The van der Waals surface area contributed by atoms with Crippen molar-refractivity contribution in [2.45, 2.75) is 37.4 Å². The van der Waals surface area contributed by atoms with E-state index < -0.39 is 0 Å². The van der Waals surface area contributed by atoms with E-state index in [4.69, 9.17) is 20.9 Å². The number of aromatic nitrogens is 3. The second kappa shape index (κ2) is 9.06. The minimum absolute atomic E-state index is 0.203. The van der Waals surface area contributed by atoms with E-state index in [0.717, 1.165) is 29.7 Å². The number of amides is 1. The molecule has 0 aliphatic carbocycles. The number of nitrogens with zero attached hydrogens (tertiary/aromatic N) is 3. The van der Waals surface area contributed by atoms with Crippen LogP contribution in [-0.2, 0) is 12.8 Å². The lowest BCUT2D eigenvalue weighted by Crippen LogP contribution is -2.34. The highest BCUT2D eigenvalue weighted by molar-refractivity contribution is 7.98. The molecule has 0 spiro atoms. The number of hydrogen-bond acceptors (Lipinski definition) is 7. The molecule has 0 radical (unpaired) electrons. The lowest BCUT2D eigenvalue weighted by Gasteiger charge is -2.11. The Morgan fingerprint density at radius 1 is 1.37 bits per heavy atom. The minimum atomic E-state index is -0.280. The molecule has 1 amide bonds. The highest BCUT2D eigenvalue weighted by atomic mass is 35.5. The van der Waals surface area contributed by atoms with Gasteiger partial charge in [0.1, 0.15) is 17.6 Å². The molecular weight excluding hydrogens is 424 g/mol. The predicted octanol–water partition coefficient (Wildman–Crippen LogP) is 4.19. The molecule has 1 aromatic carbocycles. The van der Waals surface area contributed by atoms with Crippen molar-refractivity contribution < 1.29 is 14.1 Å². The van der Waals surface area contributed by atoms with Gasteiger partial charge in [0.15, 0.2) is 10.9 Å². The Labute approximate surface area is 183 Å². The third kappa shape index (κ3) is 4.44. The van der Waals surface area contributed by atoms with Crippen molar-refractivity contribution in [1.29, 1.82) is 0 Å². The second-order valence-electron chi connectivity index (χ2n) is 6.96. The topological polar surface area (TPSA) is 90.1 Å². The first-order valence-corrected chi connectivity index (χ1v) is 11.3. The van der Waals surface area contributed by atoms with Gasteiger partial charge in [-0.1, -0.05) is 35.4 Å². The molecule has 0 saturated heterocycles. The fraction of sp³-hybridized carbons (Fsp3) is 0.333. The number of carbonyl (C=O) groups excluding carboxylic acids is 1. The number of nitrogens with one attached hydrogen (secondary N) is 1. The van der Waals surface area contributed by atoms with Gasteiger partial charge in [-0.2, -0.15) is 0 Å². The van der Waals surface area contributed by atoms with Gasteiger partial charge in [-0.15, -0.1) is 0 Å². The standard InChI is InChI=1S/C21H21ClN4O3S/c1-3-4-14-10-18(26-29-14)20(27)24-11-15-8-13-7-12(9-16(22)19(13)28-15)17-5-6-23-21(25-17)30-2/h5-7,9-10,15H,3-4,8,11H2,1-2H3,(H,24,27)/t15-/m0/s1. The van der Waals surface area contributed by atoms with Gasteiger partial charge in [-0.25, -0.2) is 9.97 Å². The van der Waals surface area contributed by atoms with Crippen molar-refractivity contribution in [1.82, 2.24) is 20.4 Å². The average molecular weight is 445 g/mol. The van der Waals surface area contributed by atoms with Crippen LogP contribution in [0.5, 0.6) is 5.75 Å². The van der Waals surface area contributed by atoms with Crippen LogP contribution < -0.4 is 10.1 Å². The Bertz CT molecular complexity index is 1070. The van der Waals surface area contributed by atoms with E-state index >= 15 is 0 Å². The third-order valence-electron chi connectivity index (χ3n) is 4.74. The summed E-state index contributed by atoms with van der Waals surface area (Å²) in [6.07, 6.45) is 5.80. The van der Waals surface area contributed by atoms with E-state index in [0.29, 0.717) is 34.7 Å². The van der Waals surface area contributed by atoms with Gasteiger partial charge in [-0.3, -0.25) is 4.79 Å². The summed E-state index contributed by atoms with van der Waals surface area (Å²) in [5, 5.41) is 7.92.